The molecule has 0 bridgehead atoms. The molecule has 0 aromatic heterocycles. The first-order chi connectivity index (χ1) is 10.9. The van der Waals surface area contributed by atoms with E-state index in [0.29, 0.717) is 22.3 Å². The van der Waals surface area contributed by atoms with Crippen LogP contribution in [0.1, 0.15) is 22.3 Å². The van der Waals surface area contributed by atoms with E-state index in [2.05, 4.69) is 0 Å². The first kappa shape index (κ1) is 13.4. The maximum atomic E-state index is 10.3. The predicted octanol–water partition coefficient (Wildman–Crippen LogP) is 2.26. The normalized spacial score (nSPS) is 20.2. The molecule has 0 radical (unpaired) electrons. The minimum atomic E-state index is -1.01. The summed E-state index contributed by atoms with van der Waals surface area (Å²) >= 11 is 0. The summed E-state index contributed by atoms with van der Waals surface area (Å²) in [6, 6.07) is 2.62. The number of benzene rings is 2. The van der Waals surface area contributed by atoms with Gasteiger partial charge in [-0.25, -0.2) is 0 Å². The van der Waals surface area contributed by atoms with Crippen LogP contribution < -0.4 is 0 Å². The highest BCUT2D eigenvalue weighted by atomic mass is 16.3. The van der Waals surface area contributed by atoms with Crippen LogP contribution in [-0.2, 0) is 5.41 Å². The summed E-state index contributed by atoms with van der Waals surface area (Å²) in [5.41, 5.74) is 0.572. The molecule has 0 saturated heterocycles. The van der Waals surface area contributed by atoms with Crippen molar-refractivity contribution >= 4 is 12.2 Å². The summed E-state index contributed by atoms with van der Waals surface area (Å²) < 4.78 is 0. The van der Waals surface area contributed by atoms with Gasteiger partial charge in [0.15, 0.2) is 23.0 Å². The van der Waals surface area contributed by atoms with Crippen LogP contribution in [-0.4, -0.2) is 30.6 Å². The molecule has 1 unspecified atom stereocenters. The van der Waals surface area contributed by atoms with Crippen molar-refractivity contribution in [3.63, 3.8) is 0 Å². The van der Waals surface area contributed by atoms with E-state index in [0.717, 1.165) is 0 Å². The van der Waals surface area contributed by atoms with E-state index in [9.17, 15) is 30.6 Å². The van der Waals surface area contributed by atoms with E-state index in [-0.39, 0.29) is 0 Å². The highest BCUT2D eigenvalue weighted by molar-refractivity contribution is 5.86. The standard InChI is InChI=1S/C17H12O6/c18-10-5-7-1-3-17(12(7)16(23)15(10)22)4-2-8-9(17)6-11(19)14(21)13(8)20/h1-6,18-23H. The maximum Gasteiger partial charge on any atom is 0.200 e. The predicted molar refractivity (Wildman–Crippen MR) is 81.7 cm³/mol. The smallest absolute Gasteiger partial charge is 0.200 e. The molecular weight excluding hydrogens is 300 g/mol. The van der Waals surface area contributed by atoms with E-state index in [4.69, 9.17) is 0 Å². The SMILES string of the molecule is Oc1cc2c(c(O)c1O)C=CC21C=Cc2cc(O)c(O)c(O)c21. The van der Waals surface area contributed by atoms with Crippen molar-refractivity contribution in [1.82, 2.24) is 0 Å². The van der Waals surface area contributed by atoms with Crippen LogP contribution in [0.2, 0.25) is 0 Å². The van der Waals surface area contributed by atoms with Gasteiger partial charge in [-0.3, -0.25) is 0 Å². The Morgan fingerprint density at radius 2 is 1.26 bits per heavy atom. The van der Waals surface area contributed by atoms with Crippen LogP contribution in [0.15, 0.2) is 24.3 Å². The Morgan fingerprint density at radius 1 is 0.652 bits per heavy atom. The van der Waals surface area contributed by atoms with Gasteiger partial charge in [0.05, 0.1) is 5.41 Å². The van der Waals surface area contributed by atoms with E-state index < -0.39 is 39.9 Å². The third-order valence-electron chi connectivity index (χ3n) is 4.48. The molecular formula is C17H12O6. The van der Waals surface area contributed by atoms with Gasteiger partial charge < -0.3 is 30.6 Å². The molecule has 6 heteroatoms. The van der Waals surface area contributed by atoms with Gasteiger partial charge in [-0.2, -0.15) is 0 Å². The number of phenols is 6. The molecule has 0 saturated carbocycles. The number of hydrogen-bond acceptors (Lipinski definition) is 6. The van der Waals surface area contributed by atoms with Crippen LogP contribution in [0.25, 0.3) is 12.2 Å². The summed E-state index contributed by atoms with van der Waals surface area (Å²) in [7, 11) is 0. The highest BCUT2D eigenvalue weighted by Gasteiger charge is 2.44. The van der Waals surface area contributed by atoms with E-state index >= 15 is 0 Å². The molecule has 0 fully saturated rings. The van der Waals surface area contributed by atoms with Gasteiger partial charge in [-0.1, -0.05) is 24.3 Å². The lowest BCUT2D eigenvalue weighted by molar-refractivity contribution is 0.362. The van der Waals surface area contributed by atoms with Crippen molar-refractivity contribution in [3.8, 4) is 34.5 Å². The Bertz CT molecular complexity index is 941. The molecule has 1 spiro atoms. The van der Waals surface area contributed by atoms with Gasteiger partial charge in [0.1, 0.15) is 0 Å². The third-order valence-corrected chi connectivity index (χ3v) is 4.48. The Balaban J connectivity index is 2.07. The topological polar surface area (TPSA) is 121 Å². The first-order valence-corrected chi connectivity index (χ1v) is 6.82. The largest absolute Gasteiger partial charge is 0.504 e. The Morgan fingerprint density at radius 3 is 2.00 bits per heavy atom. The lowest BCUT2D eigenvalue weighted by Gasteiger charge is -2.25. The average Bonchev–Trinajstić information content (AvgIpc) is 3.06. The molecule has 4 rings (SSSR count). The van der Waals surface area contributed by atoms with Crippen molar-refractivity contribution < 1.29 is 30.6 Å². The minimum absolute atomic E-state index is 0.310. The zero-order valence-corrected chi connectivity index (χ0v) is 11.6. The Hall–Kier alpha value is -3.28. The number of fused-ring (bicyclic) bond motifs is 4. The number of hydrogen-bond donors (Lipinski definition) is 6. The van der Waals surface area contributed by atoms with Crippen LogP contribution in [0, 0.1) is 0 Å². The third kappa shape index (κ3) is 1.42. The maximum absolute atomic E-state index is 10.3. The zero-order valence-electron chi connectivity index (χ0n) is 11.6. The van der Waals surface area contributed by atoms with Gasteiger partial charge >= 0.3 is 0 Å². The van der Waals surface area contributed by atoms with E-state index in [1.165, 1.54) is 12.1 Å². The second kappa shape index (κ2) is 3.92. The first-order valence-electron chi connectivity index (χ1n) is 6.82. The zero-order chi connectivity index (χ0) is 16.5. The number of aromatic hydroxyl groups is 6. The van der Waals surface area contributed by atoms with Crippen molar-refractivity contribution in [2.24, 2.45) is 0 Å². The molecule has 0 heterocycles. The number of phenolic OH excluding ortho intramolecular Hbond substituents is 6. The summed E-state index contributed by atoms with van der Waals surface area (Å²) in [6.07, 6.45) is 6.62. The van der Waals surface area contributed by atoms with E-state index in [1.807, 2.05) is 0 Å². The average molecular weight is 312 g/mol. The van der Waals surface area contributed by atoms with Gasteiger partial charge in [-0.15, -0.1) is 0 Å². The Labute approximate surface area is 130 Å². The van der Waals surface area contributed by atoms with Crippen molar-refractivity contribution in [3.05, 3.63) is 46.5 Å². The molecule has 1 atom stereocenters. The molecule has 2 aromatic rings. The summed E-state index contributed by atoms with van der Waals surface area (Å²) in [4.78, 5) is 0. The van der Waals surface area contributed by atoms with Gasteiger partial charge in [0.2, 0.25) is 11.5 Å². The fourth-order valence-electron chi connectivity index (χ4n) is 3.37. The van der Waals surface area contributed by atoms with Crippen molar-refractivity contribution in [1.29, 1.82) is 0 Å². The second-order valence-corrected chi connectivity index (χ2v) is 5.65. The molecule has 0 amide bonds. The summed E-state index contributed by atoms with van der Waals surface area (Å²) in [6.45, 7) is 0. The van der Waals surface area contributed by atoms with Gasteiger partial charge in [0, 0.05) is 11.1 Å². The monoisotopic (exact) mass is 312 g/mol. The number of allylic oxidation sites excluding steroid dienone is 2. The van der Waals surface area contributed by atoms with Crippen LogP contribution in [0.5, 0.6) is 34.5 Å². The quantitative estimate of drug-likeness (QED) is 0.415. The van der Waals surface area contributed by atoms with E-state index in [1.54, 1.807) is 24.3 Å². The summed E-state index contributed by atoms with van der Waals surface area (Å²) in [5.74, 6) is -3.13. The minimum Gasteiger partial charge on any atom is -0.504 e. The van der Waals surface area contributed by atoms with Crippen LogP contribution in [0.3, 0.4) is 0 Å². The summed E-state index contributed by atoms with van der Waals surface area (Å²) in [5, 5.41) is 59.2. The number of rotatable bonds is 0. The fourth-order valence-corrected chi connectivity index (χ4v) is 3.37. The lowest BCUT2D eigenvalue weighted by atomic mass is 9.77. The molecule has 23 heavy (non-hydrogen) atoms. The molecule has 2 aromatic carbocycles. The van der Waals surface area contributed by atoms with Gasteiger partial charge in [-0.05, 0) is 23.3 Å². The molecule has 116 valence electrons. The van der Waals surface area contributed by atoms with Crippen molar-refractivity contribution in [2.75, 3.05) is 0 Å². The lowest BCUT2D eigenvalue weighted by Crippen LogP contribution is -2.19. The molecule has 6 N–H and O–H groups in total. The van der Waals surface area contributed by atoms with Crippen molar-refractivity contribution in [2.45, 2.75) is 5.41 Å². The molecule has 2 aliphatic carbocycles. The fraction of sp³-hybridized carbons (Fsp3) is 0.0588. The molecule has 0 aliphatic heterocycles. The highest BCUT2D eigenvalue weighted by Crippen LogP contribution is 2.58. The van der Waals surface area contributed by atoms with Crippen LogP contribution >= 0.6 is 0 Å². The second-order valence-electron chi connectivity index (χ2n) is 5.65. The molecule has 2 aliphatic rings. The molecule has 6 nitrogen and oxygen atoms in total. The van der Waals surface area contributed by atoms with Crippen LogP contribution in [0.4, 0.5) is 0 Å². The Kier molecular flexibility index (Phi) is 2.28. The van der Waals surface area contributed by atoms with Gasteiger partial charge in [0.25, 0.3) is 0 Å².